The Morgan fingerprint density at radius 1 is 1.38 bits per heavy atom. The van der Waals surface area contributed by atoms with Gasteiger partial charge in [-0.3, -0.25) is 9.78 Å². The van der Waals surface area contributed by atoms with Crippen molar-refractivity contribution in [3.63, 3.8) is 0 Å². The van der Waals surface area contributed by atoms with Crippen molar-refractivity contribution >= 4 is 18.0 Å². The molecule has 0 aliphatic carbocycles. The van der Waals surface area contributed by atoms with E-state index in [4.69, 9.17) is 9.84 Å². The molecule has 1 aromatic rings. The average Bonchev–Trinajstić information content (AvgIpc) is 2.99. The average molecular weight is 290 g/mol. The maximum atomic E-state index is 12.1. The van der Waals surface area contributed by atoms with Gasteiger partial charge in [-0.2, -0.15) is 0 Å². The molecule has 2 rings (SSSR count). The number of carboxylic acids is 1. The van der Waals surface area contributed by atoms with Gasteiger partial charge in [-0.1, -0.05) is 0 Å². The van der Waals surface area contributed by atoms with Crippen LogP contribution in [0.1, 0.15) is 25.5 Å². The van der Waals surface area contributed by atoms with Crippen molar-refractivity contribution in [3.05, 3.63) is 30.1 Å². The van der Waals surface area contributed by atoms with Gasteiger partial charge in [0.15, 0.2) is 6.10 Å². The molecule has 6 nitrogen and oxygen atoms in total. The summed E-state index contributed by atoms with van der Waals surface area (Å²) < 4.78 is 5.57. The SMILES string of the molecule is CC(Oc1ccc(C=CC(=O)O)nc1)C(=O)N1CCCC1. The fraction of sp³-hybridized carbons (Fsp3) is 0.400. The van der Waals surface area contributed by atoms with Gasteiger partial charge < -0.3 is 14.7 Å². The van der Waals surface area contributed by atoms with Gasteiger partial charge in [-0.15, -0.1) is 0 Å². The van der Waals surface area contributed by atoms with Gasteiger partial charge in [0.1, 0.15) is 5.75 Å². The van der Waals surface area contributed by atoms with Gasteiger partial charge in [0.05, 0.1) is 11.9 Å². The summed E-state index contributed by atoms with van der Waals surface area (Å²) in [7, 11) is 0. The predicted octanol–water partition coefficient (Wildman–Crippen LogP) is 1.57. The molecule has 1 aliphatic heterocycles. The van der Waals surface area contributed by atoms with E-state index in [1.54, 1.807) is 19.1 Å². The Kier molecular flexibility index (Phi) is 4.92. The molecule has 1 atom stereocenters. The minimum atomic E-state index is -1.03. The lowest BCUT2D eigenvalue weighted by atomic mass is 10.3. The molecule has 1 fully saturated rings. The number of carbonyl (C=O) groups is 2. The van der Waals surface area contributed by atoms with E-state index in [1.165, 1.54) is 12.3 Å². The Bertz CT molecular complexity index is 533. The molecule has 0 spiro atoms. The Balaban J connectivity index is 1.93. The number of hydrogen-bond acceptors (Lipinski definition) is 4. The third-order valence-corrected chi connectivity index (χ3v) is 3.23. The van der Waals surface area contributed by atoms with Crippen molar-refractivity contribution in [3.8, 4) is 5.75 Å². The molecule has 0 aromatic carbocycles. The fourth-order valence-corrected chi connectivity index (χ4v) is 2.17. The van der Waals surface area contributed by atoms with E-state index < -0.39 is 12.1 Å². The van der Waals surface area contributed by atoms with Crippen LogP contribution in [0.3, 0.4) is 0 Å². The summed E-state index contributed by atoms with van der Waals surface area (Å²) in [5.41, 5.74) is 0.517. The summed E-state index contributed by atoms with van der Waals surface area (Å²) in [6, 6.07) is 3.31. The zero-order chi connectivity index (χ0) is 15.2. The second-order valence-corrected chi connectivity index (χ2v) is 4.88. The standard InChI is InChI=1S/C15H18N2O4/c1-11(15(20)17-8-2-3-9-17)21-13-6-4-12(16-10-13)5-7-14(18)19/h4-7,10-11H,2-3,8-9H2,1H3,(H,18,19). The number of nitrogens with zero attached hydrogens (tertiary/aromatic N) is 2. The molecule has 1 N–H and O–H groups in total. The van der Waals surface area contributed by atoms with Gasteiger partial charge in [-0.05, 0) is 38.0 Å². The minimum absolute atomic E-state index is 0.0117. The van der Waals surface area contributed by atoms with E-state index in [0.717, 1.165) is 32.0 Å². The van der Waals surface area contributed by atoms with E-state index >= 15 is 0 Å². The topological polar surface area (TPSA) is 79.7 Å². The van der Waals surface area contributed by atoms with Gasteiger partial charge >= 0.3 is 5.97 Å². The lowest BCUT2D eigenvalue weighted by Crippen LogP contribution is -2.38. The van der Waals surface area contributed by atoms with Crippen molar-refractivity contribution in [2.24, 2.45) is 0 Å². The van der Waals surface area contributed by atoms with Crippen LogP contribution >= 0.6 is 0 Å². The summed E-state index contributed by atoms with van der Waals surface area (Å²) in [6.07, 6.45) is 5.43. The minimum Gasteiger partial charge on any atom is -0.479 e. The quantitative estimate of drug-likeness (QED) is 0.833. The van der Waals surface area contributed by atoms with Crippen LogP contribution in [0.5, 0.6) is 5.75 Å². The molecule has 1 saturated heterocycles. The highest BCUT2D eigenvalue weighted by molar-refractivity contribution is 5.84. The molecule has 0 radical (unpaired) electrons. The first-order valence-electron chi connectivity index (χ1n) is 6.89. The summed E-state index contributed by atoms with van der Waals surface area (Å²) in [4.78, 5) is 28.4. The van der Waals surface area contributed by atoms with Crippen LogP contribution in [0.4, 0.5) is 0 Å². The Morgan fingerprint density at radius 2 is 2.10 bits per heavy atom. The van der Waals surface area contributed by atoms with Crippen LogP contribution in [0.2, 0.25) is 0 Å². The highest BCUT2D eigenvalue weighted by atomic mass is 16.5. The van der Waals surface area contributed by atoms with Crippen molar-refractivity contribution in [2.75, 3.05) is 13.1 Å². The normalized spacial score (nSPS) is 16.1. The van der Waals surface area contributed by atoms with Crippen LogP contribution in [-0.4, -0.2) is 46.1 Å². The maximum Gasteiger partial charge on any atom is 0.328 e. The van der Waals surface area contributed by atoms with E-state index in [9.17, 15) is 9.59 Å². The van der Waals surface area contributed by atoms with Gasteiger partial charge in [0, 0.05) is 19.2 Å². The summed E-state index contributed by atoms with van der Waals surface area (Å²) in [6.45, 7) is 3.31. The molecule has 112 valence electrons. The lowest BCUT2D eigenvalue weighted by molar-refractivity contribution is -0.136. The molecule has 1 unspecified atom stereocenters. The van der Waals surface area contributed by atoms with E-state index in [1.807, 2.05) is 4.90 Å². The van der Waals surface area contributed by atoms with Crippen LogP contribution in [0.25, 0.3) is 6.08 Å². The monoisotopic (exact) mass is 290 g/mol. The number of carboxylic acid groups (broad SMARTS) is 1. The number of ether oxygens (including phenoxy) is 1. The van der Waals surface area contributed by atoms with Crippen LogP contribution in [0.15, 0.2) is 24.4 Å². The van der Waals surface area contributed by atoms with Crippen molar-refractivity contribution in [2.45, 2.75) is 25.9 Å². The largest absolute Gasteiger partial charge is 0.479 e. The van der Waals surface area contributed by atoms with E-state index in [0.29, 0.717) is 11.4 Å². The van der Waals surface area contributed by atoms with Gasteiger partial charge in [0.2, 0.25) is 0 Å². The number of amides is 1. The second kappa shape index (κ2) is 6.88. The Hall–Kier alpha value is -2.37. The smallest absolute Gasteiger partial charge is 0.328 e. The fourth-order valence-electron chi connectivity index (χ4n) is 2.17. The lowest BCUT2D eigenvalue weighted by Gasteiger charge is -2.21. The third-order valence-electron chi connectivity index (χ3n) is 3.23. The number of aliphatic carboxylic acids is 1. The highest BCUT2D eigenvalue weighted by Gasteiger charge is 2.24. The number of hydrogen-bond donors (Lipinski definition) is 1. The molecular weight excluding hydrogens is 272 g/mol. The van der Waals surface area contributed by atoms with E-state index in [-0.39, 0.29) is 5.91 Å². The molecule has 0 saturated carbocycles. The molecule has 1 amide bonds. The molecule has 2 heterocycles. The highest BCUT2D eigenvalue weighted by Crippen LogP contribution is 2.15. The number of rotatable bonds is 5. The number of likely N-dealkylation sites (tertiary alicyclic amines) is 1. The zero-order valence-electron chi connectivity index (χ0n) is 11.9. The van der Waals surface area contributed by atoms with Crippen molar-refractivity contribution in [1.29, 1.82) is 0 Å². The molecule has 6 heteroatoms. The van der Waals surface area contributed by atoms with Crippen LogP contribution < -0.4 is 4.74 Å². The second-order valence-electron chi connectivity index (χ2n) is 4.88. The van der Waals surface area contributed by atoms with E-state index in [2.05, 4.69) is 4.98 Å². The third kappa shape index (κ3) is 4.30. The predicted molar refractivity (Wildman–Crippen MR) is 76.8 cm³/mol. The summed E-state index contributed by atoms with van der Waals surface area (Å²) in [5, 5.41) is 8.53. The Morgan fingerprint density at radius 3 is 2.67 bits per heavy atom. The number of carbonyl (C=O) groups excluding carboxylic acids is 1. The first-order valence-corrected chi connectivity index (χ1v) is 6.89. The first-order chi connectivity index (χ1) is 10.1. The first kappa shape index (κ1) is 15.0. The molecule has 0 bridgehead atoms. The Labute approximate surface area is 123 Å². The number of pyridine rings is 1. The van der Waals surface area contributed by atoms with Gasteiger partial charge in [0.25, 0.3) is 5.91 Å². The maximum absolute atomic E-state index is 12.1. The van der Waals surface area contributed by atoms with Crippen LogP contribution in [-0.2, 0) is 9.59 Å². The molecule has 1 aliphatic rings. The molecule has 1 aromatic heterocycles. The summed E-state index contributed by atoms with van der Waals surface area (Å²) in [5.74, 6) is -0.549. The van der Waals surface area contributed by atoms with Crippen molar-refractivity contribution < 1.29 is 19.4 Å². The number of aromatic nitrogens is 1. The summed E-state index contributed by atoms with van der Waals surface area (Å²) >= 11 is 0. The molecular formula is C15H18N2O4. The molecule has 21 heavy (non-hydrogen) atoms. The van der Waals surface area contributed by atoms with Crippen LogP contribution in [0, 0.1) is 0 Å². The van der Waals surface area contributed by atoms with Gasteiger partial charge in [-0.25, -0.2) is 4.79 Å². The van der Waals surface area contributed by atoms with Crippen molar-refractivity contribution in [1.82, 2.24) is 9.88 Å². The zero-order valence-corrected chi connectivity index (χ0v) is 11.9.